The van der Waals surface area contributed by atoms with Crippen molar-refractivity contribution in [2.24, 2.45) is 17.8 Å². The summed E-state index contributed by atoms with van der Waals surface area (Å²) < 4.78 is 70.9. The van der Waals surface area contributed by atoms with E-state index in [0.717, 1.165) is 55.6 Å². The predicted octanol–water partition coefficient (Wildman–Crippen LogP) is 8.11. The Labute approximate surface area is 424 Å². The summed E-state index contributed by atoms with van der Waals surface area (Å²) in [5.74, 6) is 3.09. The van der Waals surface area contributed by atoms with E-state index in [2.05, 4.69) is 39.1 Å². The van der Waals surface area contributed by atoms with Crippen LogP contribution in [0.2, 0.25) is 0 Å². The molecule has 1 aliphatic rings. The van der Waals surface area contributed by atoms with Gasteiger partial charge in [-0.2, -0.15) is 0 Å². The van der Waals surface area contributed by atoms with E-state index in [4.69, 9.17) is 67.1 Å². The number of benzene rings is 2. The summed E-state index contributed by atoms with van der Waals surface area (Å²) in [4.78, 5) is 14.2. The lowest BCUT2D eigenvalue weighted by Crippen LogP contribution is -2.30. The van der Waals surface area contributed by atoms with E-state index in [9.17, 15) is 4.79 Å². The summed E-state index contributed by atoms with van der Waals surface area (Å²) >= 11 is 0. The van der Waals surface area contributed by atoms with Crippen LogP contribution in [-0.2, 0) is 49.2 Å². The van der Waals surface area contributed by atoms with Crippen molar-refractivity contribution in [3.8, 4) is 17.2 Å². The molecule has 0 saturated carbocycles. The Morgan fingerprint density at radius 1 is 0.592 bits per heavy atom. The first-order valence-corrected chi connectivity index (χ1v) is 26.3. The Kier molecular flexibility index (Phi) is 35.8. The van der Waals surface area contributed by atoms with Gasteiger partial charge in [-0.05, 0) is 48.4 Å². The third-order valence-corrected chi connectivity index (χ3v) is 11.6. The Bertz CT molecular complexity index is 1640. The molecular formula is C55H89NO15. The molecule has 0 fully saturated rings. The maximum Gasteiger partial charge on any atom is 0.251 e. The average Bonchev–Trinajstić information content (AvgIpc) is 3.39. The largest absolute Gasteiger partial charge is 0.497 e. The molecule has 3 atom stereocenters. The highest BCUT2D eigenvalue weighted by atomic mass is 16.6. The number of nitrogens with one attached hydrogen (secondary N) is 1. The molecule has 71 heavy (non-hydrogen) atoms. The molecule has 3 N–H and O–H groups in total. The van der Waals surface area contributed by atoms with Crippen LogP contribution >= 0.6 is 0 Å². The van der Waals surface area contributed by atoms with E-state index in [0.29, 0.717) is 120 Å². The Morgan fingerprint density at radius 2 is 1.07 bits per heavy atom. The first kappa shape index (κ1) is 61.3. The van der Waals surface area contributed by atoms with Gasteiger partial charge in [-0.3, -0.25) is 4.79 Å². The quantitative estimate of drug-likeness (QED) is 0.0541. The second-order valence-corrected chi connectivity index (χ2v) is 17.3. The van der Waals surface area contributed by atoms with Gasteiger partial charge in [-0.15, -0.1) is 0 Å². The fourth-order valence-corrected chi connectivity index (χ4v) is 7.36. The van der Waals surface area contributed by atoms with Crippen molar-refractivity contribution in [2.45, 2.75) is 92.1 Å². The number of carbonyl (C=O) groups excluding carboxylic acids is 1. The van der Waals surface area contributed by atoms with Crippen molar-refractivity contribution < 1.29 is 71.8 Å². The van der Waals surface area contributed by atoms with E-state index >= 15 is 0 Å². The second-order valence-electron chi connectivity index (χ2n) is 17.3. The number of rotatable bonds is 47. The summed E-state index contributed by atoms with van der Waals surface area (Å²) in [5, 5.41) is 21.2. The van der Waals surface area contributed by atoms with Crippen molar-refractivity contribution in [1.29, 1.82) is 0 Å². The number of aliphatic hydroxyl groups excluding tert-OH is 2. The van der Waals surface area contributed by atoms with Crippen LogP contribution in [0.25, 0.3) is 0 Å². The molecule has 0 radical (unpaired) electrons. The average molecular weight is 1000 g/mol. The molecule has 0 bridgehead atoms. The van der Waals surface area contributed by atoms with Crippen LogP contribution < -0.4 is 19.5 Å². The van der Waals surface area contributed by atoms with Crippen LogP contribution in [0.1, 0.15) is 101 Å². The van der Waals surface area contributed by atoms with Gasteiger partial charge in [-0.25, -0.2) is 0 Å². The SMILES string of the molecule is CCCCC(CC)COC1=CC(CNC(=O)c2cc(OCCOCCOCCO)c(OCCOCCOCCOCc3ccccc3)c(OCCOCCOCCO)c2)CC(OCC(CC)CCCC)=C1. The number of amides is 1. The van der Waals surface area contributed by atoms with Crippen LogP contribution in [0.4, 0.5) is 0 Å². The summed E-state index contributed by atoms with van der Waals surface area (Å²) in [6.07, 6.45) is 13.8. The zero-order valence-electron chi connectivity index (χ0n) is 43.6. The lowest BCUT2D eigenvalue weighted by atomic mass is 9.97. The van der Waals surface area contributed by atoms with Gasteiger partial charge in [-0.1, -0.05) is 96.6 Å². The first-order chi connectivity index (χ1) is 34.9. The third-order valence-electron chi connectivity index (χ3n) is 11.6. The van der Waals surface area contributed by atoms with Crippen molar-refractivity contribution in [3.63, 3.8) is 0 Å². The molecule has 2 aromatic rings. The Morgan fingerprint density at radius 3 is 1.58 bits per heavy atom. The molecule has 404 valence electrons. The normalized spacial score (nSPS) is 14.4. The number of ether oxygens (including phenoxy) is 12. The Hall–Kier alpha value is -3.97. The molecule has 2 aromatic carbocycles. The fraction of sp³-hybridized carbons (Fsp3) is 0.691. The van der Waals surface area contributed by atoms with Gasteiger partial charge in [0.1, 0.15) is 31.3 Å². The molecule has 0 aliphatic heterocycles. The van der Waals surface area contributed by atoms with Gasteiger partial charge in [0.25, 0.3) is 5.91 Å². The van der Waals surface area contributed by atoms with Crippen molar-refractivity contribution in [3.05, 3.63) is 77.3 Å². The highest BCUT2D eigenvalue weighted by Gasteiger charge is 2.23. The van der Waals surface area contributed by atoms with Crippen LogP contribution in [0.3, 0.4) is 0 Å². The highest BCUT2D eigenvalue weighted by molar-refractivity contribution is 5.95. The zero-order chi connectivity index (χ0) is 50.8. The summed E-state index contributed by atoms with van der Waals surface area (Å²) in [6, 6.07) is 13.3. The van der Waals surface area contributed by atoms with Gasteiger partial charge in [0.15, 0.2) is 11.5 Å². The molecule has 3 unspecified atom stereocenters. The number of hydrogen-bond donors (Lipinski definition) is 3. The van der Waals surface area contributed by atoms with E-state index in [-0.39, 0.29) is 77.9 Å². The number of hydrogen-bond acceptors (Lipinski definition) is 15. The molecule has 1 amide bonds. The van der Waals surface area contributed by atoms with Crippen LogP contribution in [0.5, 0.6) is 17.2 Å². The summed E-state index contributed by atoms with van der Waals surface area (Å²) in [5.41, 5.74) is 1.42. The smallest absolute Gasteiger partial charge is 0.251 e. The standard InChI is InChI=1S/C55H89NO15/c1-5-9-14-45(7-3)43-70-50-36-48(37-51(40-50)71-44-46(8-4)15-10-6-2)41-56-55(59)49-38-52(67-33-30-63-24-22-60-20-18-57)54(53(39-49)68-34-31-64-25-23-61-21-19-58)69-35-32-65-27-26-62-28-29-66-42-47-16-12-11-13-17-47/h11-13,16-17,36,38-40,45-46,48,57-58H,5-10,14-15,18-35,37,41-44H2,1-4H3,(H,56,59). The van der Waals surface area contributed by atoms with E-state index in [1.54, 1.807) is 12.1 Å². The number of aliphatic hydroxyl groups is 2. The van der Waals surface area contributed by atoms with Crippen molar-refractivity contribution in [2.75, 3.05) is 139 Å². The Balaban J connectivity index is 1.74. The highest BCUT2D eigenvalue weighted by Crippen LogP contribution is 2.39. The van der Waals surface area contributed by atoms with Crippen LogP contribution in [0.15, 0.2) is 66.1 Å². The summed E-state index contributed by atoms with van der Waals surface area (Å²) in [6.45, 7) is 15.5. The monoisotopic (exact) mass is 1000 g/mol. The molecule has 16 heteroatoms. The first-order valence-electron chi connectivity index (χ1n) is 26.3. The van der Waals surface area contributed by atoms with Crippen molar-refractivity contribution in [1.82, 2.24) is 5.32 Å². The third kappa shape index (κ3) is 28.8. The van der Waals surface area contributed by atoms with Gasteiger partial charge in [0.2, 0.25) is 5.75 Å². The fourth-order valence-electron chi connectivity index (χ4n) is 7.36. The molecule has 0 heterocycles. The summed E-state index contributed by atoms with van der Waals surface area (Å²) in [7, 11) is 0. The topological polar surface area (TPSA) is 180 Å². The molecular weight excluding hydrogens is 915 g/mol. The zero-order valence-corrected chi connectivity index (χ0v) is 43.6. The van der Waals surface area contributed by atoms with Crippen molar-refractivity contribution >= 4 is 5.91 Å². The van der Waals surface area contributed by atoms with E-state index in [1.807, 2.05) is 36.4 Å². The lowest BCUT2D eigenvalue weighted by Gasteiger charge is -2.25. The molecule has 0 saturated heterocycles. The van der Waals surface area contributed by atoms with Gasteiger partial charge in [0.05, 0.1) is 119 Å². The van der Waals surface area contributed by atoms with Crippen LogP contribution in [-0.4, -0.2) is 155 Å². The molecule has 3 rings (SSSR count). The van der Waals surface area contributed by atoms with E-state index < -0.39 is 0 Å². The van der Waals surface area contributed by atoms with E-state index in [1.165, 1.54) is 12.8 Å². The number of allylic oxidation sites excluding steroid dienone is 2. The predicted molar refractivity (Wildman–Crippen MR) is 273 cm³/mol. The lowest BCUT2D eigenvalue weighted by molar-refractivity contribution is 0.00540. The molecule has 1 aliphatic carbocycles. The van der Waals surface area contributed by atoms with Gasteiger partial charge < -0.3 is 72.4 Å². The minimum atomic E-state index is -0.321. The molecule has 0 spiro atoms. The minimum absolute atomic E-state index is 0.0637. The molecule has 0 aromatic heterocycles. The second kappa shape index (κ2) is 41.5. The molecule has 16 nitrogen and oxygen atoms in total. The number of carbonyl (C=O) groups is 1. The minimum Gasteiger partial charge on any atom is -0.497 e. The van der Waals surface area contributed by atoms with Crippen LogP contribution in [0, 0.1) is 17.8 Å². The number of unbranched alkanes of at least 4 members (excludes halogenated alkanes) is 2. The maximum absolute atomic E-state index is 14.2. The van der Waals surface area contributed by atoms with Gasteiger partial charge >= 0.3 is 0 Å². The van der Waals surface area contributed by atoms with Gasteiger partial charge in [0, 0.05) is 30.5 Å². The maximum atomic E-state index is 14.2.